The molecular formula is C37H50FNS. The number of benzene rings is 2. The highest BCUT2D eigenvalue weighted by Crippen LogP contribution is 2.46. The van der Waals surface area contributed by atoms with Crippen LogP contribution in [0.2, 0.25) is 0 Å². The molecule has 3 heteroatoms. The van der Waals surface area contributed by atoms with Gasteiger partial charge < -0.3 is 0 Å². The van der Waals surface area contributed by atoms with Gasteiger partial charge in [0.2, 0.25) is 0 Å². The lowest BCUT2D eigenvalue weighted by Gasteiger charge is -2.39. The Morgan fingerprint density at radius 3 is 2.30 bits per heavy atom. The van der Waals surface area contributed by atoms with Crippen LogP contribution in [0.4, 0.5) is 4.39 Å². The van der Waals surface area contributed by atoms with Crippen LogP contribution in [0.3, 0.4) is 0 Å². The van der Waals surface area contributed by atoms with Crippen molar-refractivity contribution in [3.63, 3.8) is 0 Å². The van der Waals surface area contributed by atoms with Gasteiger partial charge in [-0.3, -0.25) is 4.99 Å². The van der Waals surface area contributed by atoms with Crippen LogP contribution in [0.1, 0.15) is 72.4 Å². The van der Waals surface area contributed by atoms with Crippen molar-refractivity contribution in [1.29, 1.82) is 0 Å². The van der Waals surface area contributed by atoms with E-state index in [1.807, 2.05) is 26.2 Å². The molecule has 1 nitrogen and oxygen atoms in total. The summed E-state index contributed by atoms with van der Waals surface area (Å²) in [6.07, 6.45) is 15.7. The summed E-state index contributed by atoms with van der Waals surface area (Å²) in [5, 5.41) is 0. The van der Waals surface area contributed by atoms with Crippen LogP contribution in [0.15, 0.2) is 100 Å². The Hall–Kier alpha value is -2.65. The Morgan fingerprint density at radius 2 is 1.77 bits per heavy atom. The molecule has 1 aliphatic heterocycles. The van der Waals surface area contributed by atoms with Crippen molar-refractivity contribution in [2.45, 2.75) is 78.7 Å². The first-order valence-corrected chi connectivity index (χ1v) is 15.9. The number of allylic oxidation sites excluding steroid dienone is 6. The standard InChI is InChI=1S/C28H37N.C7H7FS.C2H6/c1-19-12-14-25(15-13-19)17-27(28(7)24(6)23(5)18-29-28)22(4)16-21(3)26-11-9-8-10-20(26)2;1-9-7-5-3-2-4-6(7)8;1-2/h8-14,16,18,23-25,27H,3,15,17H2,1-2,4-7H3;2-5H,1H3;1-2H3/b22-16+;;. The minimum atomic E-state index is -0.134. The van der Waals surface area contributed by atoms with E-state index >= 15 is 0 Å². The lowest BCUT2D eigenvalue weighted by molar-refractivity contribution is 0.209. The van der Waals surface area contributed by atoms with Gasteiger partial charge in [-0.1, -0.05) is 106 Å². The maximum Gasteiger partial charge on any atom is 0.136 e. The SMILES string of the molecule is C=C(/C=C(\C)C(CC1C=CC(C)=CC1)C1(C)N=CC(C)C1C)c1ccccc1C.CC.CSc1ccccc1F. The maximum absolute atomic E-state index is 12.6. The molecule has 1 aliphatic carbocycles. The molecule has 0 bridgehead atoms. The van der Waals surface area contributed by atoms with Crippen molar-refractivity contribution in [2.24, 2.45) is 28.7 Å². The van der Waals surface area contributed by atoms with E-state index in [9.17, 15) is 4.39 Å². The zero-order valence-corrected chi connectivity index (χ0v) is 27.0. The highest BCUT2D eigenvalue weighted by Gasteiger charge is 2.45. The molecule has 0 saturated carbocycles. The number of aryl methyl sites for hydroxylation is 1. The van der Waals surface area contributed by atoms with Crippen molar-refractivity contribution < 1.29 is 4.39 Å². The second-order valence-corrected chi connectivity index (χ2v) is 12.0. The first kappa shape index (κ1) is 33.6. The Bertz CT molecular complexity index is 1240. The summed E-state index contributed by atoms with van der Waals surface area (Å²) >= 11 is 1.42. The van der Waals surface area contributed by atoms with Gasteiger partial charge in [0.25, 0.3) is 0 Å². The third-order valence-corrected chi connectivity index (χ3v) is 9.19. The normalized spacial score (nSPS) is 24.3. The fourth-order valence-electron chi connectivity index (χ4n) is 5.60. The molecule has 5 atom stereocenters. The van der Waals surface area contributed by atoms with Crippen molar-refractivity contribution in [2.75, 3.05) is 6.26 Å². The molecule has 0 aromatic heterocycles. The largest absolute Gasteiger partial charge is 0.290 e. The molecule has 0 saturated heterocycles. The van der Waals surface area contributed by atoms with E-state index in [4.69, 9.17) is 4.99 Å². The fraction of sp³-hybridized carbons (Fsp3) is 0.432. The first-order valence-electron chi connectivity index (χ1n) is 14.7. The van der Waals surface area contributed by atoms with E-state index < -0.39 is 0 Å². The quantitative estimate of drug-likeness (QED) is 0.243. The predicted octanol–water partition coefficient (Wildman–Crippen LogP) is 11.2. The van der Waals surface area contributed by atoms with Crippen molar-refractivity contribution in [1.82, 2.24) is 0 Å². The van der Waals surface area contributed by atoms with E-state index in [2.05, 4.69) is 103 Å². The van der Waals surface area contributed by atoms with Crippen molar-refractivity contribution in [3.05, 3.63) is 108 Å². The summed E-state index contributed by atoms with van der Waals surface area (Å²) in [5.74, 6) is 1.91. The minimum Gasteiger partial charge on any atom is -0.290 e. The summed E-state index contributed by atoms with van der Waals surface area (Å²) in [6, 6.07) is 15.3. The Kier molecular flexibility index (Phi) is 13.4. The summed E-state index contributed by atoms with van der Waals surface area (Å²) in [7, 11) is 0. The van der Waals surface area contributed by atoms with Gasteiger partial charge in [-0.05, 0) is 93.4 Å². The molecule has 0 amide bonds. The van der Waals surface area contributed by atoms with Gasteiger partial charge in [-0.15, -0.1) is 11.8 Å². The van der Waals surface area contributed by atoms with Gasteiger partial charge >= 0.3 is 0 Å². The third-order valence-electron chi connectivity index (χ3n) is 8.42. The molecule has 40 heavy (non-hydrogen) atoms. The van der Waals surface area contributed by atoms with Crippen LogP contribution in [0.5, 0.6) is 0 Å². The Labute approximate surface area is 248 Å². The monoisotopic (exact) mass is 559 g/mol. The van der Waals surface area contributed by atoms with Crippen LogP contribution in [-0.2, 0) is 0 Å². The minimum absolute atomic E-state index is 0.0595. The third kappa shape index (κ3) is 8.67. The average molecular weight is 560 g/mol. The van der Waals surface area contributed by atoms with E-state index in [0.29, 0.717) is 28.6 Å². The highest BCUT2D eigenvalue weighted by atomic mass is 32.2. The zero-order chi connectivity index (χ0) is 29.9. The molecule has 0 radical (unpaired) electrons. The van der Waals surface area contributed by atoms with Crippen LogP contribution in [0, 0.1) is 36.4 Å². The van der Waals surface area contributed by atoms with Gasteiger partial charge in [0.1, 0.15) is 5.82 Å². The molecule has 0 N–H and O–H groups in total. The highest BCUT2D eigenvalue weighted by molar-refractivity contribution is 7.98. The molecule has 0 fully saturated rings. The molecule has 2 aliphatic rings. The van der Waals surface area contributed by atoms with Gasteiger partial charge in [0, 0.05) is 17.0 Å². The molecular weight excluding hydrogens is 509 g/mol. The Balaban J connectivity index is 0.000000428. The lowest BCUT2D eigenvalue weighted by Crippen LogP contribution is -2.40. The van der Waals surface area contributed by atoms with E-state index in [0.717, 1.165) is 18.4 Å². The number of aliphatic imine (C=N–C) groups is 1. The molecule has 2 aromatic rings. The van der Waals surface area contributed by atoms with Crippen LogP contribution < -0.4 is 0 Å². The van der Waals surface area contributed by atoms with E-state index in [-0.39, 0.29) is 11.4 Å². The average Bonchev–Trinajstić information content (AvgIpc) is 3.22. The lowest BCUT2D eigenvalue weighted by atomic mass is 9.67. The smallest absolute Gasteiger partial charge is 0.136 e. The zero-order valence-electron chi connectivity index (χ0n) is 26.2. The first-order chi connectivity index (χ1) is 19.1. The van der Waals surface area contributed by atoms with Gasteiger partial charge in [-0.2, -0.15) is 0 Å². The van der Waals surface area contributed by atoms with Gasteiger partial charge in [-0.25, -0.2) is 4.39 Å². The predicted molar refractivity (Wildman–Crippen MR) is 178 cm³/mol. The number of halogens is 1. The maximum atomic E-state index is 12.6. The van der Waals surface area contributed by atoms with Crippen LogP contribution in [-0.4, -0.2) is 18.0 Å². The number of rotatable bonds is 7. The molecule has 1 heterocycles. The van der Waals surface area contributed by atoms with E-state index in [1.54, 1.807) is 12.1 Å². The van der Waals surface area contributed by atoms with Crippen LogP contribution >= 0.6 is 11.8 Å². The van der Waals surface area contributed by atoms with Gasteiger partial charge in [0.05, 0.1) is 5.54 Å². The summed E-state index contributed by atoms with van der Waals surface area (Å²) in [4.78, 5) is 5.80. The number of nitrogens with zero attached hydrogens (tertiary/aromatic N) is 1. The number of hydrogen-bond acceptors (Lipinski definition) is 2. The molecule has 0 spiro atoms. The molecule has 216 valence electrons. The topological polar surface area (TPSA) is 12.4 Å². The molecule has 2 aromatic carbocycles. The van der Waals surface area contributed by atoms with Crippen molar-refractivity contribution in [3.8, 4) is 0 Å². The fourth-order valence-corrected chi connectivity index (χ4v) is 6.07. The van der Waals surface area contributed by atoms with Crippen LogP contribution in [0.25, 0.3) is 5.57 Å². The Morgan fingerprint density at radius 1 is 1.12 bits per heavy atom. The van der Waals surface area contributed by atoms with Gasteiger partial charge in [0.15, 0.2) is 0 Å². The summed E-state index contributed by atoms with van der Waals surface area (Å²) < 4.78 is 12.6. The van der Waals surface area contributed by atoms with E-state index in [1.165, 1.54) is 40.1 Å². The molecule has 4 rings (SSSR count). The second kappa shape index (κ2) is 16.0. The summed E-state index contributed by atoms with van der Waals surface area (Å²) in [6.45, 7) is 22.1. The van der Waals surface area contributed by atoms with Crippen molar-refractivity contribution >= 4 is 23.5 Å². The number of thioether (sulfide) groups is 1. The summed E-state index contributed by atoms with van der Waals surface area (Å²) in [5.41, 5.74) is 6.34. The number of hydrogen-bond donors (Lipinski definition) is 0. The molecule has 5 unspecified atom stereocenters. The second-order valence-electron chi connectivity index (χ2n) is 11.1.